The van der Waals surface area contributed by atoms with E-state index in [1.165, 1.54) is 0 Å². The fraction of sp³-hybridized carbons (Fsp3) is 0.400. The van der Waals surface area contributed by atoms with Crippen molar-refractivity contribution < 1.29 is 45.8 Å². The number of amides is 1. The Kier molecular flexibility index (Phi) is 17.7. The summed E-state index contributed by atoms with van der Waals surface area (Å²) >= 11 is 0. The third kappa shape index (κ3) is 12.3. The Hall–Kier alpha value is -0.788. The summed E-state index contributed by atoms with van der Waals surface area (Å²) in [7, 11) is 0. The Balaban J connectivity index is -0.000000689. The van der Waals surface area contributed by atoms with Crippen molar-refractivity contribution in [3.05, 3.63) is 43.3 Å². The number of benzene rings is 1. The zero-order chi connectivity index (χ0) is 14.0. The summed E-state index contributed by atoms with van der Waals surface area (Å²) < 4.78 is 0. The monoisotopic (exact) mass is 503 g/mol. The molecule has 0 heterocycles. The molecule has 1 aromatic rings. The number of carbonyl (C=O) groups is 2. The van der Waals surface area contributed by atoms with Gasteiger partial charge in [0.05, 0.1) is 6.42 Å². The van der Waals surface area contributed by atoms with Gasteiger partial charge in [0.1, 0.15) is 0 Å². The smallest absolute Gasteiger partial charge is 0.481 e. The van der Waals surface area contributed by atoms with Gasteiger partial charge in [-0.25, -0.2) is 0 Å². The molecule has 0 aliphatic carbocycles. The molecule has 0 aliphatic rings. The van der Waals surface area contributed by atoms with Gasteiger partial charge in [0.25, 0.3) is 0 Å². The molecule has 0 radical (unpaired) electrons. The fourth-order valence-electron chi connectivity index (χ4n) is 1.36. The van der Waals surface area contributed by atoms with Crippen molar-refractivity contribution in [3.8, 4) is 0 Å². The normalized spacial score (nSPS) is 9.75. The molecule has 1 unspecified atom stereocenters. The van der Waals surface area contributed by atoms with Gasteiger partial charge in [-0.15, -0.1) is 5.56 Å². The number of carboxylic acid groups (broad SMARTS) is 1. The first-order chi connectivity index (χ1) is 8.58. The molecule has 1 aromatic carbocycles. The molecule has 2 N–H and O–H groups in total. The van der Waals surface area contributed by atoms with Crippen molar-refractivity contribution in [1.29, 1.82) is 0 Å². The molecule has 5 heteroatoms. The van der Waals surface area contributed by atoms with Gasteiger partial charge in [0.15, 0.2) is 0 Å². The second kappa shape index (κ2) is 14.6. The van der Waals surface area contributed by atoms with E-state index in [0.717, 1.165) is 5.56 Å². The molecule has 4 nitrogen and oxygen atoms in total. The first kappa shape index (κ1) is 24.2. The number of carboxylic acids is 1. The van der Waals surface area contributed by atoms with Crippen molar-refractivity contribution in [2.24, 2.45) is 0 Å². The van der Waals surface area contributed by atoms with E-state index in [-0.39, 0.29) is 63.3 Å². The molecule has 0 saturated heterocycles. The predicted octanol–water partition coefficient (Wildman–Crippen LogP) is 2.49. The van der Waals surface area contributed by atoms with E-state index in [4.69, 9.17) is 5.11 Å². The Morgan fingerprint density at radius 2 is 2.00 bits per heavy atom. The van der Waals surface area contributed by atoms with E-state index in [1.54, 1.807) is 19.1 Å². The third-order valence-electron chi connectivity index (χ3n) is 2.02. The van der Waals surface area contributed by atoms with Crippen molar-refractivity contribution >= 4 is 11.9 Å². The third-order valence-corrected chi connectivity index (χ3v) is 2.02. The molecule has 20 heavy (non-hydrogen) atoms. The van der Waals surface area contributed by atoms with E-state index in [9.17, 15) is 9.59 Å². The predicted molar refractivity (Wildman–Crippen MR) is 76.6 cm³/mol. The zero-order valence-corrected chi connectivity index (χ0v) is 16.7. The summed E-state index contributed by atoms with van der Waals surface area (Å²) in [5.74, 6) is -1.09. The molecule has 0 aromatic heterocycles. The molecule has 1 rings (SSSR count). The maximum atomic E-state index is 11.5. The Bertz CT molecular complexity index is 369. The van der Waals surface area contributed by atoms with Gasteiger partial charge < -0.3 is 17.8 Å². The minimum absolute atomic E-state index is 0. The van der Waals surface area contributed by atoms with Gasteiger partial charge in [0, 0.05) is 12.5 Å². The minimum Gasteiger partial charge on any atom is -0.481 e. The molecular weight excluding hydrogens is 480 g/mol. The van der Waals surface area contributed by atoms with E-state index in [0.29, 0.717) is 0 Å². The first-order valence-electron chi connectivity index (χ1n) is 6.04. The van der Waals surface area contributed by atoms with Crippen LogP contribution >= 0.6 is 0 Å². The van der Waals surface area contributed by atoms with Crippen LogP contribution in [0.5, 0.6) is 0 Å². The average Bonchev–Trinajstić information content (AvgIpc) is 2.31. The molecule has 0 saturated carbocycles. The van der Waals surface area contributed by atoms with Crippen molar-refractivity contribution in [1.82, 2.24) is 5.32 Å². The number of hydrogen-bond donors (Lipinski definition) is 2. The van der Waals surface area contributed by atoms with Crippen LogP contribution in [0.2, 0.25) is 0 Å². The molecule has 0 spiro atoms. The van der Waals surface area contributed by atoms with Crippen LogP contribution < -0.4 is 5.32 Å². The van der Waals surface area contributed by atoms with Crippen molar-refractivity contribution in [2.75, 3.05) is 0 Å². The summed E-state index contributed by atoms with van der Waals surface area (Å²) in [5.41, 5.74) is 0.863. The fourth-order valence-corrected chi connectivity index (χ4v) is 1.36. The molecular formula is C15H23NO3U. The number of nitrogens with one attached hydrogen (secondary N) is 1. The SMILES string of the molecule is CC.CC(CC(=O)O)NC(=O)Cc1c[c-]ccc1.[CH3-].[U+2]. The minimum atomic E-state index is -0.916. The Morgan fingerprint density at radius 1 is 1.40 bits per heavy atom. The van der Waals surface area contributed by atoms with Gasteiger partial charge in [-0.05, 0) is 6.92 Å². The van der Waals surface area contributed by atoms with Crippen LogP contribution in [0.25, 0.3) is 0 Å². The van der Waals surface area contributed by atoms with E-state index < -0.39 is 5.97 Å². The summed E-state index contributed by atoms with van der Waals surface area (Å²) in [4.78, 5) is 21.9. The van der Waals surface area contributed by atoms with E-state index >= 15 is 0 Å². The topological polar surface area (TPSA) is 66.4 Å². The van der Waals surface area contributed by atoms with Crippen LogP contribution in [0, 0.1) is 44.6 Å². The number of carbonyl (C=O) groups excluding carboxylic acids is 1. The summed E-state index contributed by atoms with van der Waals surface area (Å²) in [6.07, 6.45) is 0.188. The molecule has 110 valence electrons. The quantitative estimate of drug-likeness (QED) is 0.608. The Morgan fingerprint density at radius 3 is 2.45 bits per heavy atom. The second-order valence-electron chi connectivity index (χ2n) is 3.65. The van der Waals surface area contributed by atoms with Crippen LogP contribution in [-0.4, -0.2) is 23.0 Å². The molecule has 0 bridgehead atoms. The summed E-state index contributed by atoms with van der Waals surface area (Å²) in [6, 6.07) is 9.66. The van der Waals surface area contributed by atoms with Gasteiger partial charge in [-0.3, -0.25) is 9.59 Å². The maximum Gasteiger partial charge on any atom is 2.00 e. The van der Waals surface area contributed by atoms with Crippen molar-refractivity contribution in [2.45, 2.75) is 39.7 Å². The van der Waals surface area contributed by atoms with Gasteiger partial charge in [-0.1, -0.05) is 13.8 Å². The standard InChI is InChI=1S/C12H14NO3.C2H6.CH3.U/c1-9(7-12(15)16)13-11(14)8-10-5-3-2-4-6-10;1-2;;/h2-3,5-6,9H,7-8H2,1H3,(H,13,14)(H,15,16);1-2H3;1H3;/q-1;;-1;+2. The molecule has 0 aliphatic heterocycles. The number of aliphatic carboxylic acids is 1. The van der Waals surface area contributed by atoms with Gasteiger partial charge >= 0.3 is 37.1 Å². The summed E-state index contributed by atoms with van der Waals surface area (Å²) in [5, 5.41) is 11.2. The van der Waals surface area contributed by atoms with Crippen molar-refractivity contribution in [3.63, 3.8) is 0 Å². The zero-order valence-electron chi connectivity index (χ0n) is 12.6. The summed E-state index contributed by atoms with van der Waals surface area (Å²) in [6.45, 7) is 5.67. The second-order valence-corrected chi connectivity index (χ2v) is 3.65. The van der Waals surface area contributed by atoms with E-state index in [1.807, 2.05) is 26.0 Å². The van der Waals surface area contributed by atoms with Gasteiger partial charge in [0.2, 0.25) is 5.91 Å². The average molecular weight is 503 g/mol. The van der Waals surface area contributed by atoms with Gasteiger partial charge in [-0.2, -0.15) is 30.3 Å². The largest absolute Gasteiger partial charge is 2.00 e. The number of rotatable bonds is 5. The van der Waals surface area contributed by atoms with E-state index in [2.05, 4.69) is 11.4 Å². The first-order valence-corrected chi connectivity index (χ1v) is 6.04. The van der Waals surface area contributed by atoms with Crippen LogP contribution in [0.4, 0.5) is 0 Å². The van der Waals surface area contributed by atoms with Crippen LogP contribution in [0.1, 0.15) is 32.8 Å². The molecule has 1 amide bonds. The van der Waals surface area contributed by atoms with Crippen LogP contribution in [-0.2, 0) is 16.0 Å². The molecule has 1 atom stereocenters. The van der Waals surface area contributed by atoms with Crippen LogP contribution in [0.3, 0.4) is 0 Å². The maximum absolute atomic E-state index is 11.5. The Labute approximate surface area is 145 Å². The molecule has 0 fully saturated rings. The number of hydrogen-bond acceptors (Lipinski definition) is 2. The van der Waals surface area contributed by atoms with Crippen LogP contribution in [0.15, 0.2) is 24.3 Å².